The van der Waals surface area contributed by atoms with Crippen molar-refractivity contribution in [3.63, 3.8) is 0 Å². The molecule has 1 fully saturated rings. The summed E-state index contributed by atoms with van der Waals surface area (Å²) in [4.78, 5) is 0. The van der Waals surface area contributed by atoms with E-state index in [1.165, 1.54) is 86.5 Å². The largest absolute Gasteiger partial charge is 0.0952 e. The third-order valence-electron chi connectivity index (χ3n) is 8.33. The molecule has 0 heterocycles. The average molecular weight is 459 g/mol. The van der Waals surface area contributed by atoms with E-state index in [2.05, 4.69) is 89.7 Å². The van der Waals surface area contributed by atoms with Gasteiger partial charge in [-0.1, -0.05) is 102 Å². The van der Waals surface area contributed by atoms with Crippen LogP contribution in [0, 0.1) is 24.2 Å². The van der Waals surface area contributed by atoms with E-state index >= 15 is 0 Å². The van der Waals surface area contributed by atoms with Gasteiger partial charge in [0.25, 0.3) is 0 Å². The lowest BCUT2D eigenvalue weighted by Crippen LogP contribution is -2.33. The zero-order chi connectivity index (χ0) is 24.6. The first-order chi connectivity index (χ1) is 16.4. The van der Waals surface area contributed by atoms with E-state index in [0.29, 0.717) is 11.3 Å². The van der Waals surface area contributed by atoms with Crippen molar-refractivity contribution in [2.45, 2.75) is 111 Å². The third-order valence-corrected chi connectivity index (χ3v) is 8.33. The molecule has 0 nitrogen and oxygen atoms in total. The minimum Gasteiger partial charge on any atom is -0.0952 e. The Bertz CT molecular complexity index is 890. The molecule has 186 valence electrons. The van der Waals surface area contributed by atoms with Crippen LogP contribution in [-0.2, 0) is 6.42 Å². The Labute approximate surface area is 211 Å². The predicted molar refractivity (Wildman–Crippen MR) is 151 cm³/mol. The van der Waals surface area contributed by atoms with Crippen molar-refractivity contribution in [2.24, 2.45) is 17.3 Å². The highest BCUT2D eigenvalue weighted by Crippen LogP contribution is 2.53. The molecule has 3 unspecified atom stereocenters. The summed E-state index contributed by atoms with van der Waals surface area (Å²) < 4.78 is 0. The highest BCUT2D eigenvalue weighted by Gasteiger charge is 2.39. The first-order valence-corrected chi connectivity index (χ1v) is 14.2. The molecule has 0 saturated heterocycles. The second kappa shape index (κ2) is 12.8. The van der Waals surface area contributed by atoms with Gasteiger partial charge in [-0.25, -0.2) is 0 Å². The van der Waals surface area contributed by atoms with Gasteiger partial charge in [0.2, 0.25) is 0 Å². The number of allylic oxidation sites excluding steroid dienone is 1. The summed E-state index contributed by atoms with van der Waals surface area (Å²) in [5.74, 6) is 2.32. The molecular formula is C34H50. The number of aryl methyl sites for hydroxylation is 1. The van der Waals surface area contributed by atoms with Crippen LogP contribution in [0.4, 0.5) is 0 Å². The summed E-state index contributed by atoms with van der Waals surface area (Å²) in [7, 11) is 0. The molecule has 0 radical (unpaired) electrons. The Hall–Kier alpha value is -1.82. The van der Waals surface area contributed by atoms with Gasteiger partial charge in [0.1, 0.15) is 0 Å². The van der Waals surface area contributed by atoms with Crippen molar-refractivity contribution in [1.29, 1.82) is 0 Å². The third kappa shape index (κ3) is 7.34. The molecule has 1 aliphatic carbocycles. The Morgan fingerprint density at radius 1 is 1.00 bits per heavy atom. The lowest BCUT2D eigenvalue weighted by atomic mass is 9.59. The van der Waals surface area contributed by atoms with Gasteiger partial charge in [0.05, 0.1) is 0 Å². The van der Waals surface area contributed by atoms with E-state index < -0.39 is 0 Å². The maximum Gasteiger partial charge on any atom is -0.0154 e. The highest BCUT2D eigenvalue weighted by molar-refractivity contribution is 5.64. The van der Waals surface area contributed by atoms with Crippen molar-refractivity contribution < 1.29 is 0 Å². The lowest BCUT2D eigenvalue weighted by molar-refractivity contribution is 0.0894. The van der Waals surface area contributed by atoms with Crippen LogP contribution >= 0.6 is 0 Å². The molecule has 34 heavy (non-hydrogen) atoms. The predicted octanol–water partition coefficient (Wildman–Crippen LogP) is 10.5. The van der Waals surface area contributed by atoms with E-state index in [9.17, 15) is 0 Å². The Morgan fingerprint density at radius 3 is 2.41 bits per heavy atom. The normalized spacial score (nSPS) is 22.8. The fourth-order valence-corrected chi connectivity index (χ4v) is 6.86. The minimum atomic E-state index is 0.505. The summed E-state index contributed by atoms with van der Waals surface area (Å²) in [6, 6.07) is 18.4. The molecule has 1 saturated carbocycles. The molecule has 0 spiro atoms. The van der Waals surface area contributed by atoms with Crippen molar-refractivity contribution in [1.82, 2.24) is 0 Å². The van der Waals surface area contributed by atoms with Gasteiger partial charge in [-0.2, -0.15) is 0 Å². The molecule has 0 aliphatic heterocycles. The van der Waals surface area contributed by atoms with Gasteiger partial charge in [-0.05, 0) is 109 Å². The van der Waals surface area contributed by atoms with Crippen LogP contribution in [0.3, 0.4) is 0 Å². The molecule has 2 aromatic carbocycles. The average Bonchev–Trinajstić information content (AvgIpc) is 2.81. The van der Waals surface area contributed by atoms with E-state index in [4.69, 9.17) is 0 Å². The molecule has 0 bridgehead atoms. The van der Waals surface area contributed by atoms with Gasteiger partial charge in [0.15, 0.2) is 0 Å². The van der Waals surface area contributed by atoms with Crippen LogP contribution in [0.5, 0.6) is 0 Å². The van der Waals surface area contributed by atoms with Crippen LogP contribution in [0.2, 0.25) is 0 Å². The summed E-state index contributed by atoms with van der Waals surface area (Å²) in [5.41, 5.74) is 7.67. The highest BCUT2D eigenvalue weighted by atomic mass is 14.4. The van der Waals surface area contributed by atoms with Gasteiger partial charge >= 0.3 is 0 Å². The van der Waals surface area contributed by atoms with Crippen LogP contribution in [0.1, 0.15) is 120 Å². The summed E-state index contributed by atoms with van der Waals surface area (Å²) in [6.45, 7) is 16.1. The number of benzene rings is 2. The topological polar surface area (TPSA) is 0 Å². The first kappa shape index (κ1) is 26.8. The van der Waals surface area contributed by atoms with Gasteiger partial charge in [-0.3, -0.25) is 0 Å². The summed E-state index contributed by atoms with van der Waals surface area (Å²) in [6.07, 6.45) is 14.5. The minimum absolute atomic E-state index is 0.505. The molecule has 2 aromatic rings. The number of hydrogen-bond acceptors (Lipinski definition) is 0. The molecular weight excluding hydrogens is 408 g/mol. The molecule has 3 atom stereocenters. The summed E-state index contributed by atoms with van der Waals surface area (Å²) in [5, 5.41) is 0. The zero-order valence-electron chi connectivity index (χ0n) is 22.8. The molecule has 1 aliphatic rings. The maximum atomic E-state index is 4.51. The van der Waals surface area contributed by atoms with E-state index in [1.807, 2.05) is 0 Å². The van der Waals surface area contributed by atoms with Crippen LogP contribution in [0.25, 0.3) is 5.57 Å². The van der Waals surface area contributed by atoms with Crippen LogP contribution < -0.4 is 0 Å². The van der Waals surface area contributed by atoms with Crippen molar-refractivity contribution in [2.75, 3.05) is 0 Å². The Morgan fingerprint density at radius 2 is 1.76 bits per heavy atom. The smallest absolute Gasteiger partial charge is 0.0154 e. The molecule has 3 rings (SSSR count). The van der Waals surface area contributed by atoms with Crippen LogP contribution in [-0.4, -0.2) is 0 Å². The fraction of sp³-hybridized carbons (Fsp3) is 0.588. The van der Waals surface area contributed by atoms with E-state index in [-0.39, 0.29) is 0 Å². The molecule has 0 aromatic heterocycles. The van der Waals surface area contributed by atoms with Crippen LogP contribution in [0.15, 0.2) is 55.1 Å². The Kier molecular flexibility index (Phi) is 10.0. The van der Waals surface area contributed by atoms with Crippen molar-refractivity contribution in [3.05, 3.63) is 77.4 Å². The number of rotatable bonds is 12. The second-order valence-electron chi connectivity index (χ2n) is 11.9. The molecule has 0 amide bonds. The zero-order valence-corrected chi connectivity index (χ0v) is 22.8. The first-order valence-electron chi connectivity index (χ1n) is 14.2. The molecule has 0 N–H and O–H groups in total. The fourth-order valence-electron chi connectivity index (χ4n) is 6.86. The number of hydrogen-bond donors (Lipinski definition) is 0. The van der Waals surface area contributed by atoms with Gasteiger partial charge < -0.3 is 0 Å². The van der Waals surface area contributed by atoms with E-state index in [0.717, 1.165) is 18.3 Å². The maximum absolute atomic E-state index is 4.51. The monoisotopic (exact) mass is 458 g/mol. The summed E-state index contributed by atoms with van der Waals surface area (Å²) >= 11 is 0. The van der Waals surface area contributed by atoms with Crippen molar-refractivity contribution in [3.8, 4) is 0 Å². The van der Waals surface area contributed by atoms with Gasteiger partial charge in [0, 0.05) is 0 Å². The van der Waals surface area contributed by atoms with Crippen molar-refractivity contribution >= 4 is 5.57 Å². The Balaban J connectivity index is 1.68. The molecule has 0 heteroatoms. The lowest BCUT2D eigenvalue weighted by Gasteiger charge is -2.45. The quantitative estimate of drug-likeness (QED) is 0.297. The standard InChI is InChI=1S/C34H50/c1-7-13-29-23-33(30-15-10-9-11-16-30)25-34(24-29,19-8-2)20-12-14-27(5)32-18-17-31(21-26(3)4)28(6)22-32/h9-11,15-18,22,26,29,33H,5,7-8,12-14,19-21,23-25H2,1-4,6H3. The van der Waals surface area contributed by atoms with E-state index in [1.54, 1.807) is 5.56 Å². The van der Waals surface area contributed by atoms with Gasteiger partial charge in [-0.15, -0.1) is 0 Å². The SMILES string of the molecule is C=C(CCCC1(CCC)CC(CCC)CC(c2ccccc2)C1)c1ccc(CC(C)C)c(C)c1. The second-order valence-corrected chi connectivity index (χ2v) is 11.9.